The van der Waals surface area contributed by atoms with Gasteiger partial charge in [-0.2, -0.15) is 11.3 Å². The Morgan fingerprint density at radius 1 is 1.32 bits per heavy atom. The van der Waals surface area contributed by atoms with Gasteiger partial charge < -0.3 is 14.4 Å². The summed E-state index contributed by atoms with van der Waals surface area (Å²) in [6.45, 7) is 2.75. The van der Waals surface area contributed by atoms with E-state index < -0.39 is 0 Å². The normalized spacial score (nSPS) is 22.4. The largest absolute Gasteiger partial charge is 0.372 e. The van der Waals surface area contributed by atoms with Crippen LogP contribution in [0.3, 0.4) is 0 Å². The molecule has 0 aliphatic carbocycles. The van der Waals surface area contributed by atoms with Crippen molar-refractivity contribution in [3.05, 3.63) is 52.5 Å². The second-order valence-corrected chi connectivity index (χ2v) is 7.57. The lowest BCUT2D eigenvalue weighted by Gasteiger charge is -2.38. The van der Waals surface area contributed by atoms with E-state index in [4.69, 9.17) is 9.47 Å². The van der Waals surface area contributed by atoms with E-state index in [1.165, 1.54) is 0 Å². The molecule has 2 saturated heterocycles. The van der Waals surface area contributed by atoms with Crippen molar-refractivity contribution in [1.82, 2.24) is 9.88 Å². The van der Waals surface area contributed by atoms with Gasteiger partial charge in [0.2, 0.25) is 0 Å². The van der Waals surface area contributed by atoms with E-state index >= 15 is 0 Å². The second kappa shape index (κ2) is 7.23. The van der Waals surface area contributed by atoms with Gasteiger partial charge in [0.05, 0.1) is 30.5 Å². The Bertz CT molecular complexity index is 697. The predicted octanol–water partition coefficient (Wildman–Crippen LogP) is 3.12. The van der Waals surface area contributed by atoms with Crippen LogP contribution in [-0.2, 0) is 16.1 Å². The van der Waals surface area contributed by atoms with Crippen molar-refractivity contribution in [2.45, 2.75) is 37.6 Å². The van der Waals surface area contributed by atoms with Gasteiger partial charge in [-0.3, -0.25) is 9.78 Å². The van der Waals surface area contributed by atoms with E-state index in [1.54, 1.807) is 23.7 Å². The van der Waals surface area contributed by atoms with Gasteiger partial charge in [-0.05, 0) is 42.0 Å². The minimum atomic E-state index is -0.117. The number of hydrogen-bond acceptors (Lipinski definition) is 5. The summed E-state index contributed by atoms with van der Waals surface area (Å²) in [6, 6.07) is 5.84. The molecule has 0 N–H and O–H groups in total. The fourth-order valence-corrected chi connectivity index (χ4v) is 4.27. The molecule has 132 valence electrons. The van der Waals surface area contributed by atoms with Crippen molar-refractivity contribution in [2.24, 2.45) is 0 Å². The van der Waals surface area contributed by atoms with Crippen molar-refractivity contribution >= 4 is 17.2 Å². The third-order valence-corrected chi connectivity index (χ3v) is 5.82. The van der Waals surface area contributed by atoms with Crippen molar-refractivity contribution in [1.29, 1.82) is 0 Å². The predicted molar refractivity (Wildman–Crippen MR) is 95.6 cm³/mol. The highest BCUT2D eigenvalue weighted by molar-refractivity contribution is 7.08. The smallest absolute Gasteiger partial charge is 0.254 e. The number of thiophene rings is 1. The average molecular weight is 358 g/mol. The summed E-state index contributed by atoms with van der Waals surface area (Å²) in [7, 11) is 0. The van der Waals surface area contributed by atoms with Gasteiger partial charge in [-0.15, -0.1) is 0 Å². The number of ether oxygens (including phenoxy) is 2. The second-order valence-electron chi connectivity index (χ2n) is 6.79. The molecule has 0 saturated carbocycles. The number of nitrogens with zero attached hydrogens (tertiary/aromatic N) is 2. The molecule has 2 aromatic rings. The summed E-state index contributed by atoms with van der Waals surface area (Å²) >= 11 is 1.56. The summed E-state index contributed by atoms with van der Waals surface area (Å²) in [4.78, 5) is 18.4. The first-order valence-electron chi connectivity index (χ1n) is 8.70. The standard InChI is InChI=1S/C19H22N2O3S/c22-18(16-3-10-25-14-16)21-8-4-19(5-9-21)11-17(13-24-19)23-12-15-1-6-20-7-2-15/h1-3,6-7,10,14,17H,4-5,8-9,11-13H2. The highest BCUT2D eigenvalue weighted by Gasteiger charge is 2.43. The molecule has 1 unspecified atom stereocenters. The molecule has 4 rings (SSSR count). The fourth-order valence-electron chi connectivity index (χ4n) is 3.64. The zero-order chi connectivity index (χ0) is 17.1. The SMILES string of the molecule is O=C(c1ccsc1)N1CCC2(CC1)CC(OCc1ccncc1)CO2. The Hall–Kier alpha value is -1.76. The van der Waals surface area contributed by atoms with Gasteiger partial charge in [0, 0.05) is 37.3 Å². The molecule has 6 heteroatoms. The van der Waals surface area contributed by atoms with E-state index in [0.29, 0.717) is 13.2 Å². The van der Waals surface area contributed by atoms with Gasteiger partial charge in [0.25, 0.3) is 5.91 Å². The van der Waals surface area contributed by atoms with Gasteiger partial charge in [0.15, 0.2) is 0 Å². The van der Waals surface area contributed by atoms with Crippen LogP contribution in [0.5, 0.6) is 0 Å². The number of carbonyl (C=O) groups excluding carboxylic acids is 1. The molecule has 0 radical (unpaired) electrons. The third-order valence-electron chi connectivity index (χ3n) is 5.14. The summed E-state index contributed by atoms with van der Waals surface area (Å²) < 4.78 is 12.1. The highest BCUT2D eigenvalue weighted by Crippen LogP contribution is 2.37. The minimum absolute atomic E-state index is 0.117. The van der Waals surface area contributed by atoms with Gasteiger partial charge in [0.1, 0.15) is 0 Å². The van der Waals surface area contributed by atoms with Crippen LogP contribution in [0, 0.1) is 0 Å². The van der Waals surface area contributed by atoms with Gasteiger partial charge in [-0.25, -0.2) is 0 Å². The number of aromatic nitrogens is 1. The first-order valence-corrected chi connectivity index (χ1v) is 9.64. The average Bonchev–Trinajstić information content (AvgIpc) is 3.32. The van der Waals surface area contributed by atoms with Crippen molar-refractivity contribution in [3.63, 3.8) is 0 Å². The Morgan fingerprint density at radius 3 is 2.84 bits per heavy atom. The molecule has 2 aliphatic rings. The molecule has 4 heterocycles. The molecule has 5 nitrogen and oxygen atoms in total. The summed E-state index contributed by atoms with van der Waals surface area (Å²) in [5.41, 5.74) is 1.81. The monoisotopic (exact) mass is 358 g/mol. The number of hydrogen-bond donors (Lipinski definition) is 0. The molecule has 2 aliphatic heterocycles. The van der Waals surface area contributed by atoms with Crippen LogP contribution in [0.15, 0.2) is 41.4 Å². The number of rotatable bonds is 4. The lowest BCUT2D eigenvalue weighted by molar-refractivity contribution is -0.0412. The fraction of sp³-hybridized carbons (Fsp3) is 0.474. The van der Waals surface area contributed by atoms with Crippen molar-refractivity contribution < 1.29 is 14.3 Å². The van der Waals surface area contributed by atoms with Gasteiger partial charge >= 0.3 is 0 Å². The van der Waals surface area contributed by atoms with Crippen molar-refractivity contribution in [3.8, 4) is 0 Å². The zero-order valence-electron chi connectivity index (χ0n) is 14.1. The first-order chi connectivity index (χ1) is 12.2. The summed E-state index contributed by atoms with van der Waals surface area (Å²) in [5, 5.41) is 3.87. The Labute approximate surface area is 151 Å². The molecular weight excluding hydrogens is 336 g/mol. The Morgan fingerprint density at radius 2 is 2.12 bits per heavy atom. The molecule has 2 fully saturated rings. The highest BCUT2D eigenvalue weighted by atomic mass is 32.1. The van der Waals surface area contributed by atoms with E-state index in [1.807, 2.05) is 33.9 Å². The van der Waals surface area contributed by atoms with Gasteiger partial charge in [-0.1, -0.05) is 0 Å². The Kier molecular flexibility index (Phi) is 4.83. The van der Waals surface area contributed by atoms with Crippen LogP contribution in [-0.4, -0.2) is 47.2 Å². The van der Waals surface area contributed by atoms with E-state index in [0.717, 1.165) is 43.5 Å². The van der Waals surface area contributed by atoms with E-state index in [9.17, 15) is 4.79 Å². The minimum Gasteiger partial charge on any atom is -0.372 e. The molecule has 1 spiro atoms. The number of piperidine rings is 1. The Balaban J connectivity index is 1.28. The summed E-state index contributed by atoms with van der Waals surface area (Å²) in [5.74, 6) is 0.139. The van der Waals surface area contributed by atoms with Crippen molar-refractivity contribution in [2.75, 3.05) is 19.7 Å². The lowest BCUT2D eigenvalue weighted by Crippen LogP contribution is -2.46. The lowest BCUT2D eigenvalue weighted by atomic mass is 9.88. The molecule has 25 heavy (non-hydrogen) atoms. The van der Waals surface area contributed by atoms with E-state index in [2.05, 4.69) is 4.98 Å². The number of carbonyl (C=O) groups is 1. The molecule has 0 bridgehead atoms. The molecule has 0 aromatic carbocycles. The quantitative estimate of drug-likeness (QED) is 0.843. The maximum atomic E-state index is 12.4. The first kappa shape index (κ1) is 16.7. The molecular formula is C19H22N2O3S. The van der Waals surface area contributed by atoms with Crippen LogP contribution in [0.4, 0.5) is 0 Å². The maximum Gasteiger partial charge on any atom is 0.254 e. The van der Waals surface area contributed by atoms with Crippen LogP contribution in [0.25, 0.3) is 0 Å². The zero-order valence-corrected chi connectivity index (χ0v) is 14.9. The molecule has 1 amide bonds. The maximum absolute atomic E-state index is 12.4. The number of likely N-dealkylation sites (tertiary alicyclic amines) is 1. The third kappa shape index (κ3) is 3.76. The summed E-state index contributed by atoms with van der Waals surface area (Å²) in [6.07, 6.45) is 6.39. The van der Waals surface area contributed by atoms with Crippen LogP contribution in [0.1, 0.15) is 35.2 Å². The molecule has 1 atom stereocenters. The van der Waals surface area contributed by atoms with Crippen LogP contribution >= 0.6 is 11.3 Å². The number of pyridine rings is 1. The topological polar surface area (TPSA) is 51.7 Å². The van der Waals surface area contributed by atoms with Crippen LogP contribution < -0.4 is 0 Å². The van der Waals surface area contributed by atoms with Crippen LogP contribution in [0.2, 0.25) is 0 Å². The molecule has 2 aromatic heterocycles. The van der Waals surface area contributed by atoms with E-state index in [-0.39, 0.29) is 17.6 Å². The number of amides is 1.